The average Bonchev–Trinajstić information content (AvgIpc) is 2.71. The molecular formula is C22H27IN2O3. The van der Waals surface area contributed by atoms with E-state index < -0.39 is 0 Å². The van der Waals surface area contributed by atoms with Crippen LogP contribution in [-0.2, 0) is 13.0 Å². The van der Waals surface area contributed by atoms with Gasteiger partial charge in [0.05, 0.1) is 10.7 Å². The fourth-order valence-corrected chi connectivity index (χ4v) is 4.55. The number of carbonyl (C=O) groups excluding carboxylic acids is 1. The van der Waals surface area contributed by atoms with Crippen molar-refractivity contribution in [3.05, 3.63) is 56.7 Å². The van der Waals surface area contributed by atoms with Crippen LogP contribution in [0.5, 0.6) is 11.5 Å². The Morgan fingerprint density at radius 3 is 2.57 bits per heavy atom. The Morgan fingerprint density at radius 1 is 1.29 bits per heavy atom. The molecule has 1 fully saturated rings. The maximum Gasteiger partial charge on any atom is 0.259 e. The number of piperidine rings is 1. The van der Waals surface area contributed by atoms with Gasteiger partial charge in [-0.05, 0) is 59.0 Å². The van der Waals surface area contributed by atoms with E-state index in [0.29, 0.717) is 12.2 Å². The number of amides is 1. The monoisotopic (exact) mass is 494 g/mol. The maximum atomic E-state index is 12.9. The molecule has 1 heterocycles. The molecule has 0 unspecified atom stereocenters. The molecule has 150 valence electrons. The number of likely N-dealkylation sites (tertiary alicyclic amines) is 1. The van der Waals surface area contributed by atoms with Crippen molar-refractivity contribution in [1.29, 1.82) is 0 Å². The van der Waals surface area contributed by atoms with Crippen LogP contribution in [0.15, 0.2) is 36.4 Å². The first kappa shape index (κ1) is 20.9. The minimum absolute atomic E-state index is 0.0266. The first-order chi connectivity index (χ1) is 13.5. The lowest BCUT2D eigenvalue weighted by Crippen LogP contribution is -2.44. The third kappa shape index (κ3) is 4.78. The Hall–Kier alpha value is -1.80. The molecule has 1 amide bonds. The van der Waals surface area contributed by atoms with Crippen molar-refractivity contribution in [2.45, 2.75) is 38.8 Å². The zero-order chi connectivity index (χ0) is 20.1. The number of aryl methyl sites for hydroxylation is 1. The Bertz CT molecular complexity index is 818. The lowest BCUT2D eigenvalue weighted by Gasteiger charge is -2.32. The van der Waals surface area contributed by atoms with Crippen LogP contribution in [0.2, 0.25) is 0 Å². The summed E-state index contributed by atoms with van der Waals surface area (Å²) < 4.78 is 6.24. The summed E-state index contributed by atoms with van der Waals surface area (Å²) in [7, 11) is 1.53. The van der Waals surface area contributed by atoms with E-state index in [-0.39, 0.29) is 23.3 Å². The van der Waals surface area contributed by atoms with Crippen LogP contribution < -0.4 is 10.1 Å². The summed E-state index contributed by atoms with van der Waals surface area (Å²) in [5.41, 5.74) is 2.32. The molecule has 1 aliphatic heterocycles. The number of nitrogens with zero attached hydrogens (tertiary/aromatic N) is 1. The summed E-state index contributed by atoms with van der Waals surface area (Å²) in [5.74, 6) is 0.206. The zero-order valence-corrected chi connectivity index (χ0v) is 18.5. The number of aromatic hydroxyl groups is 1. The quantitative estimate of drug-likeness (QED) is 0.597. The molecule has 3 rings (SSSR count). The zero-order valence-electron chi connectivity index (χ0n) is 16.4. The van der Waals surface area contributed by atoms with Crippen LogP contribution in [0.3, 0.4) is 0 Å². The lowest BCUT2D eigenvalue weighted by molar-refractivity contribution is 0.0902. The van der Waals surface area contributed by atoms with E-state index >= 15 is 0 Å². The van der Waals surface area contributed by atoms with Gasteiger partial charge in [-0.15, -0.1) is 0 Å². The summed E-state index contributed by atoms with van der Waals surface area (Å²) in [4.78, 5) is 15.4. The number of nitrogens with one attached hydrogen (secondary N) is 1. The molecule has 28 heavy (non-hydrogen) atoms. The highest BCUT2D eigenvalue weighted by molar-refractivity contribution is 14.1. The van der Waals surface area contributed by atoms with Gasteiger partial charge in [-0.1, -0.05) is 37.3 Å². The second-order valence-electron chi connectivity index (χ2n) is 7.14. The van der Waals surface area contributed by atoms with Gasteiger partial charge in [0, 0.05) is 25.7 Å². The summed E-state index contributed by atoms with van der Waals surface area (Å²) in [6.07, 6.45) is 2.45. The van der Waals surface area contributed by atoms with E-state index in [1.165, 1.54) is 12.7 Å². The van der Waals surface area contributed by atoms with Crippen LogP contribution >= 0.6 is 22.6 Å². The van der Waals surface area contributed by atoms with E-state index in [9.17, 15) is 9.90 Å². The molecular weight excluding hydrogens is 467 g/mol. The summed E-state index contributed by atoms with van der Waals surface area (Å²) >= 11 is 2.15. The van der Waals surface area contributed by atoms with Crippen LogP contribution in [0.25, 0.3) is 0 Å². The molecule has 5 nitrogen and oxygen atoms in total. The molecule has 0 atom stereocenters. The molecule has 6 heteroatoms. The van der Waals surface area contributed by atoms with Crippen molar-refractivity contribution in [3.63, 3.8) is 0 Å². The largest absolute Gasteiger partial charge is 0.507 e. The minimum atomic E-state index is -0.260. The van der Waals surface area contributed by atoms with Crippen molar-refractivity contribution in [1.82, 2.24) is 10.2 Å². The Balaban J connectivity index is 1.64. The Morgan fingerprint density at radius 2 is 1.96 bits per heavy atom. The summed E-state index contributed by atoms with van der Waals surface area (Å²) in [6.45, 7) is 4.78. The van der Waals surface area contributed by atoms with Gasteiger partial charge in [0.15, 0.2) is 0 Å². The van der Waals surface area contributed by atoms with Gasteiger partial charge in [-0.2, -0.15) is 0 Å². The van der Waals surface area contributed by atoms with E-state index in [4.69, 9.17) is 4.74 Å². The van der Waals surface area contributed by atoms with E-state index in [1.54, 1.807) is 0 Å². The second-order valence-corrected chi connectivity index (χ2v) is 8.30. The number of hydrogen-bond acceptors (Lipinski definition) is 4. The molecule has 0 aliphatic carbocycles. The van der Waals surface area contributed by atoms with Crippen molar-refractivity contribution >= 4 is 28.5 Å². The van der Waals surface area contributed by atoms with Gasteiger partial charge in [0.1, 0.15) is 17.1 Å². The number of benzene rings is 2. The topological polar surface area (TPSA) is 61.8 Å². The second kappa shape index (κ2) is 9.60. The molecule has 1 saturated heterocycles. The van der Waals surface area contributed by atoms with Crippen molar-refractivity contribution < 1.29 is 14.6 Å². The minimum Gasteiger partial charge on any atom is -0.507 e. The summed E-state index contributed by atoms with van der Waals surface area (Å²) in [5, 5.41) is 13.7. The van der Waals surface area contributed by atoms with Crippen molar-refractivity contribution in [3.8, 4) is 11.5 Å². The number of methoxy groups -OCH3 is 1. The lowest BCUT2D eigenvalue weighted by atomic mass is 10.0. The molecule has 0 spiro atoms. The number of hydrogen-bond donors (Lipinski definition) is 2. The predicted octanol–water partition coefficient (Wildman–Crippen LogP) is 3.96. The highest BCUT2D eigenvalue weighted by Crippen LogP contribution is 2.36. The summed E-state index contributed by atoms with van der Waals surface area (Å²) in [6, 6.07) is 12.4. The number of phenolic OH excluding ortho intramolecular Hbond substituents is 1. The van der Waals surface area contributed by atoms with E-state index in [2.05, 4.69) is 57.1 Å². The standard InChI is InChI=1S/C22H27IN2O3/c1-3-16-13-18(23)21(28-2)19(20(16)26)22(27)24-17-9-11-25(12-10-17)14-15-7-5-4-6-8-15/h4-8,13,17,26H,3,9-12,14H2,1-2H3,(H,24,27). The van der Waals surface area contributed by atoms with Gasteiger partial charge in [-0.25, -0.2) is 0 Å². The molecule has 0 bridgehead atoms. The third-order valence-electron chi connectivity index (χ3n) is 5.27. The van der Waals surface area contributed by atoms with Crippen LogP contribution in [-0.4, -0.2) is 42.2 Å². The Kier molecular flexibility index (Phi) is 7.18. The molecule has 0 radical (unpaired) electrons. The van der Waals surface area contributed by atoms with Gasteiger partial charge in [-0.3, -0.25) is 9.69 Å². The van der Waals surface area contributed by atoms with Gasteiger partial charge >= 0.3 is 0 Å². The number of rotatable bonds is 6. The highest BCUT2D eigenvalue weighted by atomic mass is 127. The predicted molar refractivity (Wildman–Crippen MR) is 119 cm³/mol. The average molecular weight is 494 g/mol. The highest BCUT2D eigenvalue weighted by Gasteiger charge is 2.26. The van der Waals surface area contributed by atoms with Crippen molar-refractivity contribution in [2.75, 3.05) is 20.2 Å². The number of carbonyl (C=O) groups is 1. The fraction of sp³-hybridized carbons (Fsp3) is 0.409. The van der Waals surface area contributed by atoms with Gasteiger partial charge in [0.2, 0.25) is 0 Å². The smallest absolute Gasteiger partial charge is 0.259 e. The molecule has 2 aromatic rings. The van der Waals surface area contributed by atoms with Crippen LogP contribution in [0.1, 0.15) is 41.3 Å². The van der Waals surface area contributed by atoms with Gasteiger partial charge < -0.3 is 15.2 Å². The third-order valence-corrected chi connectivity index (χ3v) is 6.07. The fourth-order valence-electron chi connectivity index (χ4n) is 3.69. The number of phenols is 1. The number of halogens is 1. The van der Waals surface area contributed by atoms with Gasteiger partial charge in [0.25, 0.3) is 5.91 Å². The normalized spacial score (nSPS) is 15.4. The SMILES string of the molecule is CCc1cc(I)c(OC)c(C(=O)NC2CCN(Cc3ccccc3)CC2)c1O. The molecule has 1 aliphatic rings. The van der Waals surface area contributed by atoms with E-state index in [1.807, 2.05) is 19.1 Å². The van der Waals surface area contributed by atoms with Crippen LogP contribution in [0.4, 0.5) is 0 Å². The first-order valence-electron chi connectivity index (χ1n) is 9.69. The maximum absolute atomic E-state index is 12.9. The van der Waals surface area contributed by atoms with Crippen LogP contribution in [0, 0.1) is 3.57 Å². The number of ether oxygens (including phenoxy) is 1. The first-order valence-corrected chi connectivity index (χ1v) is 10.8. The molecule has 0 aromatic heterocycles. The molecule has 0 saturated carbocycles. The Labute approximate surface area is 180 Å². The molecule has 2 aromatic carbocycles. The van der Waals surface area contributed by atoms with E-state index in [0.717, 1.165) is 41.6 Å². The molecule has 2 N–H and O–H groups in total. The van der Waals surface area contributed by atoms with Crippen molar-refractivity contribution in [2.24, 2.45) is 0 Å².